The average molecular weight is 197 g/mol. The maximum absolute atomic E-state index is 11.2. The van der Waals surface area contributed by atoms with Crippen LogP contribution in [-0.4, -0.2) is 12.6 Å². The molecule has 0 N–H and O–H groups in total. The molecule has 2 nitrogen and oxygen atoms in total. The highest BCUT2D eigenvalue weighted by molar-refractivity contribution is 5.69. The first-order chi connectivity index (χ1) is 6.83. The van der Waals surface area contributed by atoms with E-state index in [2.05, 4.69) is 6.92 Å². The molecule has 0 aromatic rings. The molecule has 0 atom stereocenters. The number of esters is 1. The predicted molar refractivity (Wildman–Crippen MR) is 56.7 cm³/mol. The van der Waals surface area contributed by atoms with E-state index in [4.69, 9.17) is 4.74 Å². The molecule has 1 rings (SSSR count). The van der Waals surface area contributed by atoms with E-state index in [9.17, 15) is 4.79 Å². The van der Waals surface area contributed by atoms with E-state index in [0.717, 1.165) is 12.8 Å². The molecule has 0 aromatic heterocycles. The van der Waals surface area contributed by atoms with Crippen LogP contribution in [0.4, 0.5) is 0 Å². The van der Waals surface area contributed by atoms with Crippen LogP contribution in [0.2, 0.25) is 0 Å². The Labute approximate surface area is 87.0 Å². The van der Waals surface area contributed by atoms with Crippen molar-refractivity contribution in [1.29, 1.82) is 0 Å². The molecule has 1 fully saturated rings. The molecule has 0 unspecified atom stereocenters. The molecule has 0 saturated heterocycles. The summed E-state index contributed by atoms with van der Waals surface area (Å²) in [5, 5.41) is 0. The van der Waals surface area contributed by atoms with Crippen molar-refractivity contribution in [2.24, 2.45) is 5.92 Å². The summed E-state index contributed by atoms with van der Waals surface area (Å²) in [5.41, 5.74) is 0. The third-order valence-electron chi connectivity index (χ3n) is 2.84. The summed E-state index contributed by atoms with van der Waals surface area (Å²) in [4.78, 5) is 11.2. The van der Waals surface area contributed by atoms with Gasteiger partial charge in [-0.3, -0.25) is 4.79 Å². The number of carbonyl (C=O) groups excluding carboxylic acids is 1. The van der Waals surface area contributed by atoms with Crippen LogP contribution >= 0.6 is 0 Å². The summed E-state index contributed by atoms with van der Waals surface area (Å²) in [5.74, 6) is 0.590. The molecule has 0 bridgehead atoms. The molecule has 0 spiro atoms. The third-order valence-corrected chi connectivity index (χ3v) is 2.84. The van der Waals surface area contributed by atoms with Gasteiger partial charge in [-0.1, -0.05) is 32.6 Å². The SMILES string of the molecule is [CH2]CCCC(=O)OCC1CCCCC1. The van der Waals surface area contributed by atoms with Gasteiger partial charge in [0.2, 0.25) is 0 Å². The normalized spacial score (nSPS) is 18.1. The van der Waals surface area contributed by atoms with Gasteiger partial charge in [0.25, 0.3) is 0 Å². The number of unbranched alkanes of at least 4 members (excludes halogenated alkanes) is 1. The minimum absolute atomic E-state index is 0.0424. The second kappa shape index (κ2) is 6.86. The lowest BCUT2D eigenvalue weighted by molar-refractivity contribution is -0.145. The first-order valence-electron chi connectivity index (χ1n) is 5.78. The molecule has 0 heterocycles. The lowest BCUT2D eigenvalue weighted by atomic mass is 9.90. The van der Waals surface area contributed by atoms with E-state index in [1.807, 2.05) is 0 Å². The number of ether oxygens (including phenoxy) is 1. The van der Waals surface area contributed by atoms with E-state index in [0.29, 0.717) is 18.9 Å². The van der Waals surface area contributed by atoms with Gasteiger partial charge < -0.3 is 4.74 Å². The topological polar surface area (TPSA) is 26.3 Å². The third kappa shape index (κ3) is 4.64. The molecule has 0 aromatic carbocycles. The van der Waals surface area contributed by atoms with Gasteiger partial charge in [0.1, 0.15) is 0 Å². The Morgan fingerprint density at radius 2 is 2.00 bits per heavy atom. The number of rotatable bonds is 5. The number of hydrogen-bond donors (Lipinski definition) is 0. The highest BCUT2D eigenvalue weighted by Crippen LogP contribution is 2.23. The van der Waals surface area contributed by atoms with Crippen molar-refractivity contribution < 1.29 is 9.53 Å². The number of carbonyl (C=O) groups is 1. The highest BCUT2D eigenvalue weighted by atomic mass is 16.5. The number of hydrogen-bond acceptors (Lipinski definition) is 2. The molecule has 0 aliphatic heterocycles. The minimum Gasteiger partial charge on any atom is -0.465 e. The molecule has 81 valence electrons. The van der Waals surface area contributed by atoms with Crippen LogP contribution in [0.15, 0.2) is 0 Å². The monoisotopic (exact) mass is 197 g/mol. The van der Waals surface area contributed by atoms with E-state index < -0.39 is 0 Å². The molecule has 1 radical (unpaired) electrons. The van der Waals surface area contributed by atoms with E-state index in [-0.39, 0.29) is 5.97 Å². The van der Waals surface area contributed by atoms with Crippen molar-refractivity contribution in [3.63, 3.8) is 0 Å². The van der Waals surface area contributed by atoms with Crippen molar-refractivity contribution in [2.45, 2.75) is 51.4 Å². The van der Waals surface area contributed by atoms with Crippen LogP contribution in [0, 0.1) is 12.8 Å². The first kappa shape index (κ1) is 11.5. The summed E-state index contributed by atoms with van der Waals surface area (Å²) in [6.45, 7) is 4.35. The van der Waals surface area contributed by atoms with Gasteiger partial charge in [0, 0.05) is 6.42 Å². The van der Waals surface area contributed by atoms with Gasteiger partial charge in [0.15, 0.2) is 0 Å². The maximum Gasteiger partial charge on any atom is 0.305 e. The quantitative estimate of drug-likeness (QED) is 0.633. The summed E-state index contributed by atoms with van der Waals surface area (Å²) < 4.78 is 5.22. The van der Waals surface area contributed by atoms with Crippen LogP contribution in [0.1, 0.15) is 51.4 Å². The van der Waals surface area contributed by atoms with Crippen LogP contribution < -0.4 is 0 Å². The second-order valence-corrected chi connectivity index (χ2v) is 4.14. The van der Waals surface area contributed by atoms with Gasteiger partial charge in [-0.25, -0.2) is 0 Å². The molecule has 14 heavy (non-hydrogen) atoms. The van der Waals surface area contributed by atoms with Crippen molar-refractivity contribution in [2.75, 3.05) is 6.61 Å². The molecule has 1 aliphatic rings. The molecule has 2 heteroatoms. The van der Waals surface area contributed by atoms with Crippen molar-refractivity contribution in [3.8, 4) is 0 Å². The zero-order chi connectivity index (χ0) is 10.2. The summed E-state index contributed by atoms with van der Waals surface area (Å²) >= 11 is 0. The lowest BCUT2D eigenvalue weighted by Gasteiger charge is -2.20. The van der Waals surface area contributed by atoms with Gasteiger partial charge in [0.05, 0.1) is 6.61 Å². The summed E-state index contributed by atoms with van der Waals surface area (Å²) in [7, 11) is 0. The smallest absolute Gasteiger partial charge is 0.305 e. The van der Waals surface area contributed by atoms with E-state index >= 15 is 0 Å². The Hall–Kier alpha value is -0.530. The summed E-state index contributed by atoms with van der Waals surface area (Å²) in [6.07, 6.45) is 8.65. The van der Waals surface area contributed by atoms with Crippen LogP contribution in [0.3, 0.4) is 0 Å². The largest absolute Gasteiger partial charge is 0.465 e. The van der Waals surface area contributed by atoms with Crippen LogP contribution in [0.5, 0.6) is 0 Å². The van der Waals surface area contributed by atoms with Gasteiger partial charge >= 0.3 is 5.97 Å². The van der Waals surface area contributed by atoms with Crippen LogP contribution in [0.25, 0.3) is 0 Å². The second-order valence-electron chi connectivity index (χ2n) is 4.14. The molecule has 0 amide bonds. The van der Waals surface area contributed by atoms with Gasteiger partial charge in [-0.2, -0.15) is 0 Å². The summed E-state index contributed by atoms with van der Waals surface area (Å²) in [6, 6.07) is 0. The Morgan fingerprint density at radius 1 is 1.29 bits per heavy atom. The average Bonchev–Trinajstić information content (AvgIpc) is 2.25. The van der Waals surface area contributed by atoms with E-state index in [1.54, 1.807) is 0 Å². The van der Waals surface area contributed by atoms with Crippen molar-refractivity contribution in [1.82, 2.24) is 0 Å². The van der Waals surface area contributed by atoms with Gasteiger partial charge in [-0.15, -0.1) is 0 Å². The van der Waals surface area contributed by atoms with Crippen molar-refractivity contribution in [3.05, 3.63) is 6.92 Å². The van der Waals surface area contributed by atoms with Crippen molar-refractivity contribution >= 4 is 5.97 Å². The highest BCUT2D eigenvalue weighted by Gasteiger charge is 2.14. The van der Waals surface area contributed by atoms with Gasteiger partial charge in [-0.05, 0) is 25.2 Å². The molecular weight excluding hydrogens is 176 g/mol. The standard InChI is InChI=1S/C12H21O2/c1-2-3-9-12(13)14-10-11-7-5-4-6-8-11/h11H,1-10H2. The predicted octanol–water partition coefficient (Wildman–Crippen LogP) is 3.11. The molecule has 1 saturated carbocycles. The maximum atomic E-state index is 11.2. The fraction of sp³-hybridized carbons (Fsp3) is 0.833. The molecular formula is C12H21O2. The lowest BCUT2D eigenvalue weighted by Crippen LogP contribution is -2.16. The zero-order valence-electron chi connectivity index (χ0n) is 8.96. The fourth-order valence-corrected chi connectivity index (χ4v) is 1.91. The Morgan fingerprint density at radius 3 is 2.64 bits per heavy atom. The van der Waals surface area contributed by atoms with E-state index in [1.165, 1.54) is 32.1 Å². The first-order valence-corrected chi connectivity index (χ1v) is 5.78. The molecule has 1 aliphatic carbocycles. The Bertz CT molecular complexity index is 160. The Kier molecular flexibility index (Phi) is 5.65. The fourth-order valence-electron chi connectivity index (χ4n) is 1.91. The zero-order valence-corrected chi connectivity index (χ0v) is 8.96. The minimum atomic E-state index is -0.0424. The van der Waals surface area contributed by atoms with Crippen LogP contribution in [-0.2, 0) is 9.53 Å². The Balaban J connectivity index is 2.03.